The molecule has 140 valence electrons. The number of nitrogens with two attached hydrogens (primary N) is 1. The topological polar surface area (TPSA) is 125 Å². The summed E-state index contributed by atoms with van der Waals surface area (Å²) in [5.41, 5.74) is 6.66. The number of ether oxygens (including phenoxy) is 1. The molecular formula is C17H22BN2O6-. The van der Waals surface area contributed by atoms with Crippen molar-refractivity contribution < 1.29 is 29.3 Å². The zero-order valence-corrected chi connectivity index (χ0v) is 14.3. The van der Waals surface area contributed by atoms with E-state index in [2.05, 4.69) is 4.90 Å². The van der Waals surface area contributed by atoms with Gasteiger partial charge in [-0.25, -0.2) is 4.79 Å². The second-order valence-corrected chi connectivity index (χ2v) is 8.34. The van der Waals surface area contributed by atoms with Crippen molar-refractivity contribution in [1.29, 1.82) is 0 Å². The van der Waals surface area contributed by atoms with Gasteiger partial charge in [0.15, 0.2) is 0 Å². The number of hydrogen-bond donors (Lipinski definition) is 4. The third-order valence-electron chi connectivity index (χ3n) is 6.10. The van der Waals surface area contributed by atoms with E-state index in [4.69, 9.17) is 15.1 Å². The Labute approximate surface area is 150 Å². The number of likely N-dealkylation sites (tertiary alicyclic amines) is 1. The monoisotopic (exact) mass is 361 g/mol. The Balaban J connectivity index is 1.36. The first-order valence-corrected chi connectivity index (χ1v) is 9.12. The summed E-state index contributed by atoms with van der Waals surface area (Å²) in [6.45, 7) is -0.776. The molecule has 1 aromatic rings. The molecule has 26 heavy (non-hydrogen) atoms. The number of carboxylic acid groups (broad SMARTS) is 1. The van der Waals surface area contributed by atoms with Crippen LogP contribution in [0.15, 0.2) is 12.1 Å². The maximum atomic E-state index is 11.8. The van der Waals surface area contributed by atoms with Crippen molar-refractivity contribution in [2.75, 3.05) is 19.6 Å². The molecule has 2 aliphatic heterocycles. The Hall–Kier alpha value is -1.81. The van der Waals surface area contributed by atoms with Crippen LogP contribution in [-0.4, -0.2) is 64.1 Å². The summed E-state index contributed by atoms with van der Waals surface area (Å²) in [4.78, 5) is 14.0. The highest BCUT2D eigenvalue weighted by Gasteiger charge is 2.55. The van der Waals surface area contributed by atoms with Gasteiger partial charge in [-0.15, -0.1) is 0 Å². The van der Waals surface area contributed by atoms with Crippen LogP contribution in [0.5, 0.6) is 11.5 Å². The molecule has 2 aliphatic carbocycles. The minimum Gasteiger partial charge on any atom is -0.669 e. The highest BCUT2D eigenvalue weighted by Crippen LogP contribution is 2.63. The predicted molar refractivity (Wildman–Crippen MR) is 92.3 cm³/mol. The van der Waals surface area contributed by atoms with Gasteiger partial charge < -0.3 is 30.3 Å². The average molecular weight is 361 g/mol. The molecule has 0 bridgehead atoms. The molecule has 2 saturated carbocycles. The molecule has 0 amide bonds. The Morgan fingerprint density at radius 3 is 2.77 bits per heavy atom. The fraction of sp³-hybridized carbons (Fsp3) is 0.588. The molecule has 8 nitrogen and oxygen atoms in total. The van der Waals surface area contributed by atoms with Crippen molar-refractivity contribution in [1.82, 2.24) is 4.90 Å². The second-order valence-electron chi connectivity index (χ2n) is 8.34. The summed E-state index contributed by atoms with van der Waals surface area (Å²) in [5.74, 6) is -1.35. The lowest BCUT2D eigenvalue weighted by Gasteiger charge is -2.41. The van der Waals surface area contributed by atoms with E-state index in [0.29, 0.717) is 19.5 Å². The highest BCUT2D eigenvalue weighted by molar-refractivity contribution is 6.62. The van der Waals surface area contributed by atoms with Crippen LogP contribution < -0.4 is 15.1 Å². The maximum Gasteiger partial charge on any atom is 0.434 e. The number of nitrogens with zero attached hydrogens (tertiary/aromatic N) is 1. The summed E-state index contributed by atoms with van der Waals surface area (Å²) < 4.78 is 11.2. The first-order valence-electron chi connectivity index (χ1n) is 9.12. The third kappa shape index (κ3) is 2.58. The van der Waals surface area contributed by atoms with E-state index in [-0.39, 0.29) is 40.4 Å². The molecule has 1 saturated heterocycles. The van der Waals surface area contributed by atoms with Crippen molar-refractivity contribution in [3.63, 3.8) is 0 Å². The third-order valence-corrected chi connectivity index (χ3v) is 6.10. The molecule has 3 fully saturated rings. The number of carbonyl (C=O) groups is 1. The average Bonchev–Trinajstić information content (AvgIpc) is 3.40. The molecule has 1 aromatic carbocycles. The van der Waals surface area contributed by atoms with Crippen LogP contribution in [0.2, 0.25) is 5.82 Å². The number of rotatable bonds is 5. The fourth-order valence-corrected chi connectivity index (χ4v) is 4.28. The number of hydrogen-bond acceptors (Lipinski definition) is 7. The molecule has 1 unspecified atom stereocenters. The Bertz CT molecular complexity index is 790. The van der Waals surface area contributed by atoms with Crippen LogP contribution in [0, 0.1) is 0 Å². The lowest BCUT2D eigenvalue weighted by atomic mass is 9.68. The van der Waals surface area contributed by atoms with Gasteiger partial charge in [-0.05, 0) is 30.4 Å². The molecule has 2 heterocycles. The van der Waals surface area contributed by atoms with Gasteiger partial charge in [-0.3, -0.25) is 4.90 Å². The molecule has 5 rings (SSSR count). The smallest absolute Gasteiger partial charge is 0.434 e. The van der Waals surface area contributed by atoms with Gasteiger partial charge in [0.1, 0.15) is 17.4 Å². The lowest BCUT2D eigenvalue weighted by molar-refractivity contribution is 0.0137. The summed E-state index contributed by atoms with van der Waals surface area (Å²) in [5, 5.41) is 29.8. The van der Waals surface area contributed by atoms with Crippen molar-refractivity contribution in [3.05, 3.63) is 23.3 Å². The minimum atomic E-state index is -3.02. The minimum absolute atomic E-state index is 0.0359. The molecular weight excluding hydrogens is 339 g/mol. The summed E-state index contributed by atoms with van der Waals surface area (Å²) in [6, 6.07) is 3.44. The standard InChI is InChI=1S/C17H22BN2O6/c19-17(3-4-17)8-20-6-9(7-20)25-13-2-1-10-11-5-12(11)18(23,24)26-15(10)14(13)16(21)22/h1-2,9,11-12,23-24H,3-8,19H2,(H,21,22)/q-1/t11?,12-/m1/s1. The number of carboxylic acids is 1. The van der Waals surface area contributed by atoms with E-state index < -0.39 is 12.7 Å². The normalized spacial score (nSPS) is 30.4. The summed E-state index contributed by atoms with van der Waals surface area (Å²) in [6.07, 6.45) is 2.59. The lowest BCUT2D eigenvalue weighted by Crippen LogP contribution is -2.57. The van der Waals surface area contributed by atoms with Gasteiger partial charge in [0.2, 0.25) is 0 Å². The first kappa shape index (κ1) is 16.4. The van der Waals surface area contributed by atoms with Crippen molar-refractivity contribution in [3.8, 4) is 11.5 Å². The van der Waals surface area contributed by atoms with Gasteiger partial charge in [0.05, 0.1) is 5.75 Å². The van der Waals surface area contributed by atoms with Crippen molar-refractivity contribution in [2.24, 2.45) is 5.73 Å². The van der Waals surface area contributed by atoms with Gasteiger partial charge in [-0.2, -0.15) is 0 Å². The number of fused-ring (bicyclic) bond motifs is 3. The van der Waals surface area contributed by atoms with E-state index in [1.54, 1.807) is 12.1 Å². The SMILES string of the molecule is NC1(CN2CC(Oc3ccc4c(c3C(=O)O)O[B-](O)(O)[C@@H]3CC43)C2)CC1. The zero-order valence-electron chi connectivity index (χ0n) is 14.3. The Morgan fingerprint density at radius 2 is 2.12 bits per heavy atom. The molecule has 0 aromatic heterocycles. The maximum absolute atomic E-state index is 11.8. The highest BCUT2D eigenvalue weighted by atomic mass is 16.6. The first-order chi connectivity index (χ1) is 12.3. The Kier molecular flexibility index (Phi) is 3.23. The van der Waals surface area contributed by atoms with Gasteiger partial charge in [-0.1, -0.05) is 18.3 Å². The number of aromatic carboxylic acids is 1. The molecule has 5 N–H and O–H groups in total. The van der Waals surface area contributed by atoms with Gasteiger partial charge in [0.25, 0.3) is 0 Å². The van der Waals surface area contributed by atoms with Crippen LogP contribution in [0.1, 0.15) is 41.1 Å². The molecule has 9 heteroatoms. The van der Waals surface area contributed by atoms with Crippen LogP contribution in [-0.2, 0) is 0 Å². The van der Waals surface area contributed by atoms with E-state index in [9.17, 15) is 19.9 Å². The van der Waals surface area contributed by atoms with E-state index in [0.717, 1.165) is 24.9 Å². The van der Waals surface area contributed by atoms with E-state index in [1.165, 1.54) is 0 Å². The Morgan fingerprint density at radius 1 is 1.38 bits per heavy atom. The molecule has 0 radical (unpaired) electrons. The van der Waals surface area contributed by atoms with Crippen molar-refractivity contribution >= 4 is 12.7 Å². The van der Waals surface area contributed by atoms with Crippen LogP contribution in [0.3, 0.4) is 0 Å². The summed E-state index contributed by atoms with van der Waals surface area (Å²) >= 11 is 0. The van der Waals surface area contributed by atoms with E-state index in [1.807, 2.05) is 0 Å². The molecule has 4 aliphatic rings. The molecule has 0 spiro atoms. The summed E-state index contributed by atoms with van der Waals surface area (Å²) in [7, 11) is 0. The van der Waals surface area contributed by atoms with Crippen LogP contribution in [0.4, 0.5) is 0 Å². The molecule has 2 atom stereocenters. The zero-order chi connectivity index (χ0) is 18.3. The van der Waals surface area contributed by atoms with Crippen LogP contribution >= 0.6 is 0 Å². The predicted octanol–water partition coefficient (Wildman–Crippen LogP) is 0.112. The fourth-order valence-electron chi connectivity index (χ4n) is 4.28. The second kappa shape index (κ2) is 5.13. The number of benzene rings is 1. The van der Waals surface area contributed by atoms with Crippen LogP contribution in [0.25, 0.3) is 0 Å². The van der Waals surface area contributed by atoms with E-state index >= 15 is 0 Å². The van der Waals surface area contributed by atoms with Gasteiger partial charge >= 0.3 is 12.7 Å². The quantitative estimate of drug-likeness (QED) is 0.545. The largest absolute Gasteiger partial charge is 0.669 e. The van der Waals surface area contributed by atoms with Crippen molar-refractivity contribution in [2.45, 2.75) is 42.6 Å². The van der Waals surface area contributed by atoms with Gasteiger partial charge in [0, 0.05) is 25.2 Å².